The quantitative estimate of drug-likeness (QED) is 0.795. The molecule has 0 atom stereocenters. The minimum Gasteiger partial charge on any atom is -0.346 e. The van der Waals surface area contributed by atoms with E-state index in [-0.39, 0.29) is 18.2 Å². The Labute approximate surface area is 113 Å². The average molecular weight is 289 g/mol. The van der Waals surface area contributed by atoms with Crippen molar-refractivity contribution in [2.45, 2.75) is 6.18 Å². The summed E-state index contributed by atoms with van der Waals surface area (Å²) in [6.45, 7) is -0.947. The fourth-order valence-electron chi connectivity index (χ4n) is 1.82. The molecule has 1 heterocycles. The zero-order chi connectivity index (χ0) is 13.9. The highest BCUT2D eigenvalue weighted by atomic mass is 35.5. The summed E-state index contributed by atoms with van der Waals surface area (Å²) in [7, 11) is 0. The number of alkyl halides is 4. The lowest BCUT2D eigenvalue weighted by molar-refractivity contribution is -0.119. The lowest BCUT2D eigenvalue weighted by atomic mass is 10.2. The molecule has 0 bridgehead atoms. The van der Waals surface area contributed by atoms with Gasteiger partial charge in [-0.15, -0.1) is 11.6 Å². The molecule has 0 radical (unpaired) electrons. The third-order valence-corrected chi connectivity index (χ3v) is 2.80. The zero-order valence-electron chi connectivity index (χ0n) is 9.99. The first-order valence-corrected chi connectivity index (χ1v) is 6.26. The van der Waals surface area contributed by atoms with E-state index in [0.29, 0.717) is 5.52 Å². The van der Waals surface area contributed by atoms with Crippen LogP contribution in [0.5, 0.6) is 0 Å². The Morgan fingerprint density at radius 3 is 2.53 bits per heavy atom. The number of aromatic nitrogens is 1. The van der Waals surface area contributed by atoms with E-state index in [2.05, 4.69) is 4.98 Å². The fourth-order valence-corrected chi connectivity index (χ4v) is 2.03. The van der Waals surface area contributed by atoms with Gasteiger partial charge in [-0.3, -0.25) is 0 Å². The molecule has 0 aliphatic carbocycles. The smallest absolute Gasteiger partial charge is 0.346 e. The van der Waals surface area contributed by atoms with Crippen LogP contribution in [0.4, 0.5) is 19.0 Å². The molecule has 0 aliphatic rings. The van der Waals surface area contributed by atoms with E-state index in [1.165, 1.54) is 0 Å². The molecule has 2 nitrogen and oxygen atoms in total. The number of rotatable bonds is 4. The van der Waals surface area contributed by atoms with Gasteiger partial charge in [0.05, 0.1) is 5.52 Å². The number of nitrogens with zero attached hydrogens (tertiary/aromatic N) is 2. The van der Waals surface area contributed by atoms with Gasteiger partial charge in [-0.05, 0) is 18.2 Å². The van der Waals surface area contributed by atoms with Crippen LogP contribution in [-0.4, -0.2) is 30.1 Å². The van der Waals surface area contributed by atoms with Crippen molar-refractivity contribution in [2.75, 3.05) is 23.9 Å². The second-order valence-corrected chi connectivity index (χ2v) is 4.47. The molecule has 1 aromatic carbocycles. The van der Waals surface area contributed by atoms with E-state index < -0.39 is 12.7 Å². The van der Waals surface area contributed by atoms with Crippen LogP contribution < -0.4 is 4.90 Å². The van der Waals surface area contributed by atoms with E-state index in [1.807, 2.05) is 12.1 Å². The molecule has 2 aromatic rings. The van der Waals surface area contributed by atoms with E-state index in [0.717, 1.165) is 10.3 Å². The molecule has 0 amide bonds. The Balaban J connectivity index is 2.33. The molecule has 1 aromatic heterocycles. The summed E-state index contributed by atoms with van der Waals surface area (Å²) in [5, 5.41) is 0.893. The Kier molecular flexibility index (Phi) is 4.14. The summed E-state index contributed by atoms with van der Waals surface area (Å²) < 4.78 is 37.5. The number of hydrogen-bond acceptors (Lipinski definition) is 2. The molecular formula is C13H12ClF3N2. The second-order valence-electron chi connectivity index (χ2n) is 4.09. The van der Waals surface area contributed by atoms with Crippen LogP contribution in [0.25, 0.3) is 10.9 Å². The topological polar surface area (TPSA) is 16.1 Å². The Morgan fingerprint density at radius 1 is 1.11 bits per heavy atom. The number of fused-ring (bicyclic) bond motifs is 1. The third kappa shape index (κ3) is 3.73. The van der Waals surface area contributed by atoms with E-state index >= 15 is 0 Å². The van der Waals surface area contributed by atoms with Crippen molar-refractivity contribution in [1.82, 2.24) is 4.98 Å². The number of anilines is 1. The molecular weight excluding hydrogens is 277 g/mol. The van der Waals surface area contributed by atoms with Crippen LogP contribution in [0.2, 0.25) is 0 Å². The van der Waals surface area contributed by atoms with Crippen LogP contribution in [0.15, 0.2) is 36.4 Å². The lowest BCUT2D eigenvalue weighted by Crippen LogP contribution is -2.36. The summed E-state index contributed by atoms with van der Waals surface area (Å²) in [6.07, 6.45) is -4.28. The van der Waals surface area contributed by atoms with Gasteiger partial charge in [0.1, 0.15) is 12.4 Å². The standard InChI is InChI=1S/C13H12ClF3N2/c14-7-8-19(9-13(15,16)17)12-6-5-10-3-1-2-4-11(10)18-12/h1-6H,7-9H2. The van der Waals surface area contributed by atoms with Crippen LogP contribution in [0.1, 0.15) is 0 Å². The Morgan fingerprint density at radius 2 is 1.84 bits per heavy atom. The monoisotopic (exact) mass is 288 g/mol. The summed E-state index contributed by atoms with van der Waals surface area (Å²) in [5.41, 5.74) is 0.668. The van der Waals surface area contributed by atoms with E-state index in [4.69, 9.17) is 11.6 Å². The van der Waals surface area contributed by atoms with Gasteiger partial charge in [0.15, 0.2) is 0 Å². The largest absolute Gasteiger partial charge is 0.405 e. The van der Waals surface area contributed by atoms with Crippen LogP contribution in [0.3, 0.4) is 0 Å². The normalized spacial score (nSPS) is 11.8. The molecule has 0 aliphatic heterocycles. The molecule has 0 saturated heterocycles. The summed E-state index contributed by atoms with van der Waals surface area (Å²) >= 11 is 5.56. The zero-order valence-corrected chi connectivity index (χ0v) is 10.7. The van der Waals surface area contributed by atoms with Gasteiger partial charge in [0, 0.05) is 17.8 Å². The first kappa shape index (κ1) is 13.9. The molecule has 0 fully saturated rings. The molecule has 0 spiro atoms. The SMILES string of the molecule is FC(F)(F)CN(CCCl)c1ccc2ccccc2n1. The van der Waals surface area contributed by atoms with Crippen LogP contribution in [-0.2, 0) is 0 Å². The highest BCUT2D eigenvalue weighted by molar-refractivity contribution is 6.18. The predicted molar refractivity (Wildman–Crippen MR) is 70.7 cm³/mol. The molecule has 2 rings (SSSR count). The second kappa shape index (κ2) is 5.65. The van der Waals surface area contributed by atoms with E-state index in [1.54, 1.807) is 24.3 Å². The maximum atomic E-state index is 12.5. The Hall–Kier alpha value is -1.49. The van der Waals surface area contributed by atoms with Gasteiger partial charge in [-0.1, -0.05) is 18.2 Å². The number of para-hydroxylation sites is 1. The fraction of sp³-hybridized carbons (Fsp3) is 0.308. The van der Waals surface area contributed by atoms with Crippen LogP contribution in [0, 0.1) is 0 Å². The Bertz CT molecular complexity index is 557. The average Bonchev–Trinajstić information content (AvgIpc) is 2.36. The van der Waals surface area contributed by atoms with Crippen molar-refractivity contribution >= 4 is 28.3 Å². The number of pyridine rings is 1. The number of halogens is 4. The third-order valence-electron chi connectivity index (χ3n) is 2.63. The molecule has 0 N–H and O–H groups in total. The predicted octanol–water partition coefficient (Wildman–Crippen LogP) is 3.84. The minimum atomic E-state index is -4.28. The maximum Gasteiger partial charge on any atom is 0.405 e. The molecule has 6 heteroatoms. The number of hydrogen-bond donors (Lipinski definition) is 0. The molecule has 0 unspecified atom stereocenters. The maximum absolute atomic E-state index is 12.5. The van der Waals surface area contributed by atoms with Crippen molar-refractivity contribution < 1.29 is 13.2 Å². The van der Waals surface area contributed by atoms with Crippen molar-refractivity contribution in [2.24, 2.45) is 0 Å². The summed E-state index contributed by atoms with van der Waals surface area (Å²) in [5.74, 6) is 0.404. The van der Waals surface area contributed by atoms with E-state index in [9.17, 15) is 13.2 Å². The van der Waals surface area contributed by atoms with Crippen molar-refractivity contribution in [1.29, 1.82) is 0 Å². The van der Waals surface area contributed by atoms with Crippen LogP contribution >= 0.6 is 11.6 Å². The van der Waals surface area contributed by atoms with Crippen molar-refractivity contribution in [3.05, 3.63) is 36.4 Å². The first-order chi connectivity index (χ1) is 8.99. The van der Waals surface area contributed by atoms with Gasteiger partial charge in [-0.25, -0.2) is 4.98 Å². The highest BCUT2D eigenvalue weighted by Crippen LogP contribution is 2.22. The highest BCUT2D eigenvalue weighted by Gasteiger charge is 2.31. The summed E-state index contributed by atoms with van der Waals surface area (Å²) in [6, 6.07) is 10.6. The number of benzene rings is 1. The summed E-state index contributed by atoms with van der Waals surface area (Å²) in [4.78, 5) is 5.38. The van der Waals surface area contributed by atoms with Gasteiger partial charge in [0.2, 0.25) is 0 Å². The van der Waals surface area contributed by atoms with Gasteiger partial charge in [0.25, 0.3) is 0 Å². The molecule has 102 valence electrons. The van der Waals surface area contributed by atoms with Crippen molar-refractivity contribution in [3.63, 3.8) is 0 Å². The minimum absolute atomic E-state index is 0.104. The molecule has 0 saturated carbocycles. The van der Waals surface area contributed by atoms with Gasteiger partial charge < -0.3 is 4.90 Å². The van der Waals surface area contributed by atoms with Gasteiger partial charge in [-0.2, -0.15) is 13.2 Å². The molecule has 19 heavy (non-hydrogen) atoms. The van der Waals surface area contributed by atoms with Crippen molar-refractivity contribution in [3.8, 4) is 0 Å². The first-order valence-electron chi connectivity index (χ1n) is 5.73. The van der Waals surface area contributed by atoms with Gasteiger partial charge >= 0.3 is 6.18 Å². The lowest BCUT2D eigenvalue weighted by Gasteiger charge is -2.24.